The summed E-state index contributed by atoms with van der Waals surface area (Å²) in [6.07, 6.45) is 0.0669. The molecule has 11 heteroatoms. The van der Waals surface area contributed by atoms with Crippen LogP contribution in [0.3, 0.4) is 0 Å². The van der Waals surface area contributed by atoms with Crippen molar-refractivity contribution in [1.29, 1.82) is 0 Å². The van der Waals surface area contributed by atoms with Gasteiger partial charge in [0, 0.05) is 18.1 Å². The second kappa shape index (κ2) is 7.06. The molecule has 1 aromatic carbocycles. The first kappa shape index (κ1) is 18.4. The van der Waals surface area contributed by atoms with Crippen LogP contribution in [0.15, 0.2) is 29.2 Å². The van der Waals surface area contributed by atoms with Gasteiger partial charge in [-0.25, -0.2) is 13.2 Å². The van der Waals surface area contributed by atoms with Gasteiger partial charge in [-0.3, -0.25) is 0 Å². The van der Waals surface area contributed by atoms with Gasteiger partial charge in [-0.1, -0.05) is 23.7 Å². The van der Waals surface area contributed by atoms with Crippen LogP contribution >= 0.6 is 34.7 Å². The van der Waals surface area contributed by atoms with Crippen LogP contribution in [0.2, 0.25) is 10.3 Å². The molecule has 2 aromatic rings. The van der Waals surface area contributed by atoms with Crippen LogP contribution in [0.4, 0.5) is 5.13 Å². The highest BCUT2D eigenvalue weighted by Crippen LogP contribution is 2.35. The standard InChI is InChI=1S/C14H13Cl2N3O4S2/c1-23-12(20)10-6-8(7-19(10)14-17-13(16)18-24-14)25(21,22)11-5-3-2-4-9(11)15/h2-5,8,10H,6-7H2,1H3/t8-,10?/m1/s1. The molecule has 1 aromatic heterocycles. The Hall–Kier alpha value is -1.42. The summed E-state index contributed by atoms with van der Waals surface area (Å²) in [5, 5.41) is -0.271. The highest BCUT2D eigenvalue weighted by Gasteiger charge is 2.45. The van der Waals surface area contributed by atoms with Crippen molar-refractivity contribution in [1.82, 2.24) is 9.36 Å². The molecule has 0 N–H and O–H groups in total. The average molecular weight is 422 g/mol. The van der Waals surface area contributed by atoms with Crippen LogP contribution in [0.25, 0.3) is 0 Å². The maximum atomic E-state index is 13.0. The van der Waals surface area contributed by atoms with Gasteiger partial charge in [0.1, 0.15) is 6.04 Å². The van der Waals surface area contributed by atoms with E-state index >= 15 is 0 Å². The second-order valence-electron chi connectivity index (χ2n) is 5.37. The normalized spacial score (nSPS) is 20.7. The molecule has 0 saturated carbocycles. The smallest absolute Gasteiger partial charge is 0.328 e. The summed E-state index contributed by atoms with van der Waals surface area (Å²) in [4.78, 5) is 17.8. The highest BCUT2D eigenvalue weighted by atomic mass is 35.5. The number of esters is 1. The maximum Gasteiger partial charge on any atom is 0.328 e. The fourth-order valence-corrected chi connectivity index (χ4v) is 5.85. The Morgan fingerprint density at radius 1 is 1.36 bits per heavy atom. The molecule has 2 heterocycles. The van der Waals surface area contributed by atoms with Crippen LogP contribution in [-0.2, 0) is 19.4 Å². The molecule has 1 unspecified atom stereocenters. The number of nitrogens with zero attached hydrogens (tertiary/aromatic N) is 3. The number of aromatic nitrogens is 2. The van der Waals surface area contributed by atoms with Crippen molar-refractivity contribution in [3.63, 3.8) is 0 Å². The summed E-state index contributed by atoms with van der Waals surface area (Å²) in [7, 11) is -2.48. The number of methoxy groups -OCH3 is 1. The third-order valence-electron chi connectivity index (χ3n) is 3.95. The SMILES string of the molecule is COC(=O)C1C[C@@H](S(=O)(=O)c2ccccc2Cl)CN1c1nc(Cl)ns1. The Labute approximate surface area is 158 Å². The van der Waals surface area contributed by atoms with Crippen molar-refractivity contribution in [3.8, 4) is 0 Å². The van der Waals surface area contributed by atoms with E-state index in [0.29, 0.717) is 5.13 Å². The monoisotopic (exact) mass is 421 g/mol. The van der Waals surface area contributed by atoms with Crippen LogP contribution in [0.1, 0.15) is 6.42 Å². The molecule has 1 saturated heterocycles. The first-order chi connectivity index (χ1) is 11.8. The van der Waals surface area contributed by atoms with Gasteiger partial charge in [-0.15, -0.1) is 0 Å². The lowest BCUT2D eigenvalue weighted by Gasteiger charge is -2.20. The van der Waals surface area contributed by atoms with E-state index in [1.807, 2.05) is 0 Å². The molecule has 2 atom stereocenters. The molecule has 0 radical (unpaired) electrons. The summed E-state index contributed by atoms with van der Waals surface area (Å²) in [6, 6.07) is 5.45. The molecular weight excluding hydrogens is 409 g/mol. The van der Waals surface area contributed by atoms with Gasteiger partial charge >= 0.3 is 5.97 Å². The molecule has 0 bridgehead atoms. The largest absolute Gasteiger partial charge is 0.467 e. The van der Waals surface area contributed by atoms with Crippen molar-refractivity contribution < 1.29 is 17.9 Å². The molecule has 25 heavy (non-hydrogen) atoms. The quantitative estimate of drug-likeness (QED) is 0.700. The molecule has 1 fully saturated rings. The van der Waals surface area contributed by atoms with Gasteiger partial charge in [0.25, 0.3) is 0 Å². The van der Waals surface area contributed by atoms with Crippen LogP contribution < -0.4 is 4.90 Å². The summed E-state index contributed by atoms with van der Waals surface area (Å²) in [6.45, 7) is 0.0683. The fourth-order valence-electron chi connectivity index (χ4n) is 2.76. The molecule has 1 aliphatic rings. The van der Waals surface area contributed by atoms with Crippen molar-refractivity contribution >= 4 is 55.7 Å². The molecule has 0 aliphatic carbocycles. The van der Waals surface area contributed by atoms with Crippen molar-refractivity contribution in [2.75, 3.05) is 18.6 Å². The first-order valence-corrected chi connectivity index (χ1v) is 10.2. The number of sulfone groups is 1. The number of carbonyl (C=O) groups is 1. The minimum atomic E-state index is -3.74. The van der Waals surface area contributed by atoms with E-state index in [0.717, 1.165) is 11.5 Å². The van der Waals surface area contributed by atoms with Gasteiger partial charge in [-0.05, 0) is 30.2 Å². The van der Waals surface area contributed by atoms with E-state index in [9.17, 15) is 13.2 Å². The lowest BCUT2D eigenvalue weighted by Crippen LogP contribution is -2.36. The zero-order valence-electron chi connectivity index (χ0n) is 12.9. The zero-order valence-corrected chi connectivity index (χ0v) is 16.1. The predicted molar refractivity (Wildman–Crippen MR) is 95.1 cm³/mol. The minimum absolute atomic E-state index is 0.0426. The topological polar surface area (TPSA) is 89.5 Å². The Morgan fingerprint density at radius 2 is 2.08 bits per heavy atom. The van der Waals surface area contributed by atoms with E-state index < -0.39 is 27.1 Å². The molecule has 3 rings (SSSR count). The minimum Gasteiger partial charge on any atom is -0.467 e. The van der Waals surface area contributed by atoms with Gasteiger partial charge in [-0.2, -0.15) is 9.36 Å². The zero-order chi connectivity index (χ0) is 18.2. The number of anilines is 1. The number of ether oxygens (including phenoxy) is 1. The maximum absolute atomic E-state index is 13.0. The van der Waals surface area contributed by atoms with E-state index in [1.165, 1.54) is 19.2 Å². The van der Waals surface area contributed by atoms with Crippen molar-refractivity contribution in [2.45, 2.75) is 22.6 Å². The van der Waals surface area contributed by atoms with Gasteiger partial charge in [0.15, 0.2) is 9.84 Å². The number of benzene rings is 1. The average Bonchev–Trinajstić information content (AvgIpc) is 3.21. The molecule has 134 valence electrons. The molecule has 0 spiro atoms. The van der Waals surface area contributed by atoms with E-state index in [2.05, 4.69) is 9.36 Å². The van der Waals surface area contributed by atoms with Gasteiger partial charge < -0.3 is 9.64 Å². The van der Waals surface area contributed by atoms with Crippen molar-refractivity contribution in [3.05, 3.63) is 34.6 Å². The third-order valence-corrected chi connectivity index (χ3v) is 7.61. The summed E-state index contributed by atoms with van der Waals surface area (Å²) in [5.41, 5.74) is 0. The molecule has 7 nitrogen and oxygen atoms in total. The lowest BCUT2D eigenvalue weighted by molar-refractivity contribution is -0.141. The molecule has 0 amide bonds. The number of hydrogen-bond acceptors (Lipinski definition) is 8. The van der Waals surface area contributed by atoms with Crippen molar-refractivity contribution in [2.24, 2.45) is 0 Å². The predicted octanol–water partition coefficient (Wildman–Crippen LogP) is 2.44. The first-order valence-electron chi connectivity index (χ1n) is 7.16. The van der Waals surface area contributed by atoms with Crippen LogP contribution in [0, 0.1) is 0 Å². The molecular formula is C14H13Cl2N3O4S2. The third kappa shape index (κ3) is 3.46. The Morgan fingerprint density at radius 3 is 2.68 bits per heavy atom. The van der Waals surface area contributed by atoms with Crippen LogP contribution in [0.5, 0.6) is 0 Å². The van der Waals surface area contributed by atoms with Crippen LogP contribution in [-0.4, -0.2) is 48.7 Å². The Bertz CT molecular complexity index is 903. The number of carbonyl (C=O) groups excluding carboxylic acids is 1. The molecule has 1 aliphatic heterocycles. The van der Waals surface area contributed by atoms with E-state index in [-0.39, 0.29) is 28.2 Å². The Kier molecular flexibility index (Phi) is 5.19. The highest BCUT2D eigenvalue weighted by molar-refractivity contribution is 7.92. The lowest BCUT2D eigenvalue weighted by atomic mass is 10.2. The summed E-state index contributed by atoms with van der Waals surface area (Å²) in [5.74, 6) is -0.539. The van der Waals surface area contributed by atoms with E-state index in [1.54, 1.807) is 17.0 Å². The van der Waals surface area contributed by atoms with E-state index in [4.69, 9.17) is 27.9 Å². The fraction of sp³-hybridized carbons (Fsp3) is 0.357. The van der Waals surface area contributed by atoms with Gasteiger partial charge in [0.05, 0.1) is 22.3 Å². The number of hydrogen-bond donors (Lipinski definition) is 0. The number of halogens is 2. The number of rotatable bonds is 4. The summed E-state index contributed by atoms with van der Waals surface area (Å²) >= 11 is 12.8. The summed E-state index contributed by atoms with van der Waals surface area (Å²) < 4.78 is 34.6. The Balaban J connectivity index is 1.96. The second-order valence-corrected chi connectivity index (χ2v) is 9.04. The van der Waals surface area contributed by atoms with Gasteiger partial charge in [0.2, 0.25) is 10.4 Å².